The van der Waals surface area contributed by atoms with Gasteiger partial charge >= 0.3 is 0 Å². The minimum absolute atomic E-state index is 0.709. The molecule has 18 heavy (non-hydrogen) atoms. The van der Waals surface area contributed by atoms with Crippen LogP contribution < -0.4 is 4.72 Å². The van der Waals surface area contributed by atoms with E-state index in [1.54, 1.807) is 11.9 Å². The van der Waals surface area contributed by atoms with Gasteiger partial charge in [0.1, 0.15) is 0 Å². The van der Waals surface area contributed by atoms with E-state index in [1.165, 1.54) is 48.7 Å². The largest absolute Gasteiger partial charge is 0.344 e. The Morgan fingerprint density at radius 2 is 2.00 bits per heavy atom. The molecule has 1 aliphatic carbocycles. The molecule has 1 N–H and O–H groups in total. The first kappa shape index (κ1) is 12.0. The van der Waals surface area contributed by atoms with Crippen molar-refractivity contribution in [3.63, 3.8) is 0 Å². The number of aromatic nitrogens is 1. The number of nitrogens with one attached hydrogen (secondary N) is 1. The van der Waals surface area contributed by atoms with E-state index < -0.39 is 0 Å². The molecule has 0 spiro atoms. The molecule has 1 fully saturated rings. The molecule has 2 aromatic rings. The fourth-order valence-corrected chi connectivity index (χ4v) is 3.37. The SMILES string of the molecule is CSNc1ccc2ccn(C3CCCCC3)c2c1. The molecule has 0 atom stereocenters. The predicted octanol–water partition coefficient (Wildman–Crippen LogP) is 4.84. The Kier molecular flexibility index (Phi) is 3.50. The van der Waals surface area contributed by atoms with E-state index >= 15 is 0 Å². The van der Waals surface area contributed by atoms with Crippen molar-refractivity contribution in [3.05, 3.63) is 30.5 Å². The zero-order chi connectivity index (χ0) is 12.4. The van der Waals surface area contributed by atoms with Crippen LogP contribution in [0.2, 0.25) is 0 Å². The Labute approximate surface area is 113 Å². The molecule has 2 nitrogen and oxygen atoms in total. The molecule has 0 unspecified atom stereocenters. The summed E-state index contributed by atoms with van der Waals surface area (Å²) < 4.78 is 5.81. The average molecular weight is 260 g/mol. The number of nitrogens with zero attached hydrogens (tertiary/aromatic N) is 1. The van der Waals surface area contributed by atoms with Crippen molar-refractivity contribution < 1.29 is 0 Å². The van der Waals surface area contributed by atoms with Crippen LogP contribution in [0.5, 0.6) is 0 Å². The summed E-state index contributed by atoms with van der Waals surface area (Å²) in [5.41, 5.74) is 2.58. The van der Waals surface area contributed by atoms with Gasteiger partial charge in [0.15, 0.2) is 0 Å². The normalized spacial score (nSPS) is 17.2. The fourth-order valence-electron chi connectivity index (χ4n) is 3.01. The molecule has 3 rings (SSSR count). The summed E-state index contributed by atoms with van der Waals surface area (Å²) in [4.78, 5) is 0. The predicted molar refractivity (Wildman–Crippen MR) is 81.2 cm³/mol. The van der Waals surface area contributed by atoms with Gasteiger partial charge in [0.25, 0.3) is 0 Å². The summed E-state index contributed by atoms with van der Waals surface area (Å²) in [6.07, 6.45) is 11.2. The molecule has 0 radical (unpaired) electrons. The van der Waals surface area contributed by atoms with Gasteiger partial charge in [-0.15, -0.1) is 0 Å². The number of fused-ring (bicyclic) bond motifs is 1. The number of anilines is 1. The van der Waals surface area contributed by atoms with Crippen molar-refractivity contribution in [1.29, 1.82) is 0 Å². The van der Waals surface area contributed by atoms with Crippen LogP contribution in [0.15, 0.2) is 30.5 Å². The van der Waals surface area contributed by atoms with Gasteiger partial charge < -0.3 is 9.29 Å². The second-order valence-corrected chi connectivity index (χ2v) is 5.71. The highest BCUT2D eigenvalue weighted by atomic mass is 32.2. The van der Waals surface area contributed by atoms with Crippen LogP contribution in [-0.2, 0) is 0 Å². The maximum Gasteiger partial charge on any atom is 0.0503 e. The van der Waals surface area contributed by atoms with Gasteiger partial charge in [-0.3, -0.25) is 0 Å². The molecule has 0 bridgehead atoms. The van der Waals surface area contributed by atoms with E-state index in [1.807, 2.05) is 0 Å². The van der Waals surface area contributed by atoms with Gasteiger partial charge in [0.2, 0.25) is 0 Å². The first-order chi connectivity index (χ1) is 8.88. The Balaban J connectivity index is 1.97. The van der Waals surface area contributed by atoms with Gasteiger partial charge in [-0.2, -0.15) is 0 Å². The van der Waals surface area contributed by atoms with Crippen LogP contribution in [0.25, 0.3) is 10.9 Å². The lowest BCUT2D eigenvalue weighted by molar-refractivity contribution is 0.361. The molecule has 1 aromatic carbocycles. The van der Waals surface area contributed by atoms with E-state index in [0.29, 0.717) is 6.04 Å². The second-order valence-electron chi connectivity index (χ2n) is 5.09. The minimum atomic E-state index is 0.709. The van der Waals surface area contributed by atoms with Crippen molar-refractivity contribution in [2.75, 3.05) is 11.0 Å². The third-order valence-electron chi connectivity index (χ3n) is 3.91. The number of hydrogen-bond donors (Lipinski definition) is 1. The summed E-state index contributed by atoms with van der Waals surface area (Å²) in [6.45, 7) is 0. The van der Waals surface area contributed by atoms with Crippen LogP contribution in [0.3, 0.4) is 0 Å². The van der Waals surface area contributed by atoms with Gasteiger partial charge in [-0.25, -0.2) is 0 Å². The molecular formula is C15H20N2S. The first-order valence-electron chi connectivity index (χ1n) is 6.78. The molecule has 0 aliphatic heterocycles. The lowest BCUT2D eigenvalue weighted by Crippen LogP contribution is -2.11. The van der Waals surface area contributed by atoms with E-state index in [9.17, 15) is 0 Å². The molecule has 0 amide bonds. The van der Waals surface area contributed by atoms with E-state index in [2.05, 4.69) is 46.0 Å². The maximum atomic E-state index is 3.32. The third kappa shape index (κ3) is 2.24. The summed E-state index contributed by atoms with van der Waals surface area (Å²) >= 11 is 1.65. The standard InChI is InChI=1S/C15H20N2S/c1-18-16-13-8-7-12-9-10-17(15(12)11-13)14-5-3-2-4-6-14/h7-11,14,16H,2-6H2,1H3. The number of hydrogen-bond acceptors (Lipinski definition) is 2. The molecule has 3 heteroatoms. The lowest BCUT2D eigenvalue weighted by atomic mass is 9.95. The highest BCUT2D eigenvalue weighted by Crippen LogP contribution is 2.32. The topological polar surface area (TPSA) is 17.0 Å². The van der Waals surface area contributed by atoms with Crippen LogP contribution in [0.1, 0.15) is 38.1 Å². The highest BCUT2D eigenvalue weighted by molar-refractivity contribution is 7.99. The van der Waals surface area contributed by atoms with Crippen molar-refractivity contribution in [1.82, 2.24) is 4.57 Å². The molecule has 1 aliphatic rings. The third-order valence-corrected chi connectivity index (χ3v) is 4.35. The van der Waals surface area contributed by atoms with Crippen LogP contribution >= 0.6 is 11.9 Å². The minimum Gasteiger partial charge on any atom is -0.344 e. The van der Waals surface area contributed by atoms with Crippen LogP contribution in [-0.4, -0.2) is 10.8 Å². The zero-order valence-corrected chi connectivity index (χ0v) is 11.7. The van der Waals surface area contributed by atoms with Crippen molar-refractivity contribution in [2.45, 2.75) is 38.1 Å². The summed E-state index contributed by atoms with van der Waals surface area (Å²) in [7, 11) is 0. The van der Waals surface area contributed by atoms with E-state index in [0.717, 1.165) is 0 Å². The summed E-state index contributed by atoms with van der Waals surface area (Å²) in [5, 5.41) is 1.35. The van der Waals surface area contributed by atoms with Gasteiger partial charge in [0.05, 0.1) is 5.52 Å². The van der Waals surface area contributed by atoms with Crippen molar-refractivity contribution in [2.24, 2.45) is 0 Å². The number of rotatable bonds is 3. The second kappa shape index (κ2) is 5.27. The smallest absolute Gasteiger partial charge is 0.0503 e. The highest BCUT2D eigenvalue weighted by Gasteiger charge is 2.16. The average Bonchev–Trinajstić information content (AvgIpc) is 2.83. The van der Waals surface area contributed by atoms with Crippen molar-refractivity contribution >= 4 is 28.5 Å². The zero-order valence-electron chi connectivity index (χ0n) is 10.9. The summed E-state index contributed by atoms with van der Waals surface area (Å²) in [5.74, 6) is 0. The van der Waals surface area contributed by atoms with E-state index in [4.69, 9.17) is 0 Å². The molecule has 96 valence electrons. The van der Waals surface area contributed by atoms with Gasteiger partial charge in [0, 0.05) is 24.2 Å². The van der Waals surface area contributed by atoms with Crippen molar-refractivity contribution in [3.8, 4) is 0 Å². The Hall–Kier alpha value is -1.09. The molecule has 1 saturated carbocycles. The Morgan fingerprint density at radius 1 is 1.17 bits per heavy atom. The summed E-state index contributed by atoms with van der Waals surface area (Å²) in [6, 6.07) is 9.60. The Bertz CT molecular complexity index is 526. The first-order valence-corrected chi connectivity index (χ1v) is 8.00. The Morgan fingerprint density at radius 3 is 2.78 bits per heavy atom. The lowest BCUT2D eigenvalue weighted by Gasteiger charge is -2.24. The quantitative estimate of drug-likeness (QED) is 0.796. The van der Waals surface area contributed by atoms with Crippen LogP contribution in [0, 0.1) is 0 Å². The molecule has 1 aromatic heterocycles. The monoisotopic (exact) mass is 260 g/mol. The van der Waals surface area contributed by atoms with Gasteiger partial charge in [-0.05, 0) is 36.4 Å². The molecule has 0 saturated heterocycles. The number of benzene rings is 1. The van der Waals surface area contributed by atoms with E-state index in [-0.39, 0.29) is 0 Å². The molecule has 1 heterocycles. The maximum absolute atomic E-state index is 3.32. The molecular weight excluding hydrogens is 240 g/mol. The van der Waals surface area contributed by atoms with Crippen LogP contribution in [0.4, 0.5) is 5.69 Å². The fraction of sp³-hybridized carbons (Fsp3) is 0.467. The van der Waals surface area contributed by atoms with Gasteiger partial charge in [-0.1, -0.05) is 37.3 Å².